The van der Waals surface area contributed by atoms with E-state index < -0.39 is 0 Å². The Morgan fingerprint density at radius 2 is 2.35 bits per heavy atom. The van der Waals surface area contributed by atoms with Crippen LogP contribution in [0.2, 0.25) is 0 Å². The fourth-order valence-corrected chi connectivity index (χ4v) is 3.06. The Morgan fingerprint density at radius 1 is 1.53 bits per heavy atom. The Balaban J connectivity index is 1.85. The molecule has 0 unspecified atom stereocenters. The van der Waals surface area contributed by atoms with Crippen LogP contribution in [0.3, 0.4) is 0 Å². The maximum absolute atomic E-state index is 5.54. The zero-order chi connectivity index (χ0) is 12.3. The first kappa shape index (κ1) is 13.0. The minimum Gasteiger partial charge on any atom is -0.381 e. The van der Waals surface area contributed by atoms with E-state index in [-0.39, 0.29) is 0 Å². The third-order valence-corrected chi connectivity index (χ3v) is 4.57. The van der Waals surface area contributed by atoms with E-state index >= 15 is 0 Å². The van der Waals surface area contributed by atoms with E-state index in [0.717, 1.165) is 19.8 Å². The van der Waals surface area contributed by atoms with Crippen LogP contribution in [0, 0.1) is 19.8 Å². The molecule has 0 spiro atoms. The van der Waals surface area contributed by atoms with Gasteiger partial charge < -0.3 is 10.1 Å². The Hall–Kier alpha value is -0.450. The average molecular weight is 254 g/mol. The monoisotopic (exact) mass is 254 g/mol. The van der Waals surface area contributed by atoms with Gasteiger partial charge in [0.1, 0.15) is 0 Å². The maximum Gasteiger partial charge on any atom is 0.0558 e. The fourth-order valence-electron chi connectivity index (χ4n) is 2.34. The Labute approximate surface area is 108 Å². The van der Waals surface area contributed by atoms with Crippen molar-refractivity contribution in [3.63, 3.8) is 0 Å². The molecule has 0 saturated carbocycles. The molecular formula is C13H22N2OS. The van der Waals surface area contributed by atoms with E-state index in [1.54, 1.807) is 11.5 Å². The number of ether oxygens (including phenoxy) is 1. The summed E-state index contributed by atoms with van der Waals surface area (Å²) in [6, 6.07) is 0.522. The Bertz CT molecular complexity index is 339. The van der Waals surface area contributed by atoms with Crippen molar-refractivity contribution in [2.24, 2.45) is 5.92 Å². The largest absolute Gasteiger partial charge is 0.381 e. The van der Waals surface area contributed by atoms with Crippen molar-refractivity contribution >= 4 is 11.5 Å². The van der Waals surface area contributed by atoms with Gasteiger partial charge in [-0.1, -0.05) is 0 Å². The molecule has 1 aromatic rings. The van der Waals surface area contributed by atoms with Crippen molar-refractivity contribution in [2.75, 3.05) is 13.2 Å². The van der Waals surface area contributed by atoms with Crippen molar-refractivity contribution in [1.82, 2.24) is 9.69 Å². The van der Waals surface area contributed by atoms with Gasteiger partial charge in [0.2, 0.25) is 0 Å². The molecule has 2 rings (SSSR count). The van der Waals surface area contributed by atoms with Gasteiger partial charge in [-0.15, -0.1) is 0 Å². The molecule has 1 fully saturated rings. The van der Waals surface area contributed by atoms with Crippen LogP contribution in [0.15, 0.2) is 0 Å². The van der Waals surface area contributed by atoms with Crippen molar-refractivity contribution in [1.29, 1.82) is 0 Å². The zero-order valence-electron chi connectivity index (χ0n) is 11.0. The smallest absolute Gasteiger partial charge is 0.0558 e. The predicted octanol–water partition coefficient (Wildman–Crippen LogP) is 2.66. The van der Waals surface area contributed by atoms with Crippen LogP contribution in [0.1, 0.15) is 35.9 Å². The lowest BCUT2D eigenvalue weighted by atomic mass is 9.95. The number of aromatic nitrogens is 1. The van der Waals surface area contributed by atoms with Gasteiger partial charge in [0.15, 0.2) is 0 Å². The Morgan fingerprint density at radius 3 is 2.94 bits per heavy atom. The van der Waals surface area contributed by atoms with Gasteiger partial charge in [0, 0.05) is 29.6 Å². The summed E-state index contributed by atoms with van der Waals surface area (Å²) in [5, 5.41) is 3.62. The van der Waals surface area contributed by atoms with E-state index in [1.165, 1.54) is 29.0 Å². The van der Waals surface area contributed by atoms with Crippen LogP contribution >= 0.6 is 11.5 Å². The number of aryl methyl sites for hydroxylation is 2. The summed E-state index contributed by atoms with van der Waals surface area (Å²) in [5.41, 5.74) is 2.55. The number of hydrogen-bond acceptors (Lipinski definition) is 4. The summed E-state index contributed by atoms with van der Waals surface area (Å²) >= 11 is 1.60. The molecule has 1 aliphatic rings. The molecule has 1 N–H and O–H groups in total. The molecule has 17 heavy (non-hydrogen) atoms. The third-order valence-electron chi connectivity index (χ3n) is 3.68. The highest BCUT2D eigenvalue weighted by molar-refractivity contribution is 7.05. The van der Waals surface area contributed by atoms with Crippen LogP contribution in [0.4, 0.5) is 0 Å². The van der Waals surface area contributed by atoms with Crippen molar-refractivity contribution in [2.45, 2.75) is 46.2 Å². The highest BCUT2D eigenvalue weighted by Crippen LogP contribution is 2.20. The van der Waals surface area contributed by atoms with Gasteiger partial charge in [-0.05, 0) is 51.1 Å². The summed E-state index contributed by atoms with van der Waals surface area (Å²) in [7, 11) is 0. The van der Waals surface area contributed by atoms with Crippen molar-refractivity contribution < 1.29 is 4.74 Å². The molecule has 0 aromatic carbocycles. The molecule has 0 amide bonds. The maximum atomic E-state index is 5.54. The number of nitrogens with zero attached hydrogens (tertiary/aromatic N) is 1. The van der Waals surface area contributed by atoms with Crippen LogP contribution in [-0.2, 0) is 11.3 Å². The first-order valence-electron chi connectivity index (χ1n) is 6.41. The molecule has 2 heterocycles. The second-order valence-corrected chi connectivity index (χ2v) is 5.93. The number of nitrogens with one attached hydrogen (secondary N) is 1. The fraction of sp³-hybridized carbons (Fsp3) is 0.769. The second kappa shape index (κ2) is 5.94. The first-order chi connectivity index (χ1) is 8.18. The van der Waals surface area contributed by atoms with E-state index in [1.807, 2.05) is 0 Å². The average Bonchev–Trinajstić information content (AvgIpc) is 2.67. The predicted molar refractivity (Wildman–Crippen MR) is 71.4 cm³/mol. The van der Waals surface area contributed by atoms with Crippen LogP contribution in [0.5, 0.6) is 0 Å². The molecule has 1 aliphatic heterocycles. The minimum absolute atomic E-state index is 0.522. The molecule has 4 heteroatoms. The van der Waals surface area contributed by atoms with Crippen molar-refractivity contribution in [3.8, 4) is 0 Å². The molecule has 3 nitrogen and oxygen atoms in total. The van der Waals surface area contributed by atoms with E-state index in [0.29, 0.717) is 12.0 Å². The first-order valence-corrected chi connectivity index (χ1v) is 7.18. The summed E-state index contributed by atoms with van der Waals surface area (Å²) in [6.07, 6.45) is 2.49. The van der Waals surface area contributed by atoms with Gasteiger partial charge in [-0.2, -0.15) is 4.37 Å². The summed E-state index contributed by atoms with van der Waals surface area (Å²) < 4.78 is 9.92. The molecule has 1 aromatic heterocycles. The number of rotatable bonds is 4. The minimum atomic E-state index is 0.522. The summed E-state index contributed by atoms with van der Waals surface area (Å²) in [6.45, 7) is 9.30. The lowest BCUT2D eigenvalue weighted by Crippen LogP contribution is -2.37. The van der Waals surface area contributed by atoms with Gasteiger partial charge in [0.25, 0.3) is 0 Å². The lowest BCUT2D eigenvalue weighted by Gasteiger charge is -2.28. The molecule has 1 saturated heterocycles. The second-order valence-electron chi connectivity index (χ2n) is 4.95. The molecular weight excluding hydrogens is 232 g/mol. The quantitative estimate of drug-likeness (QED) is 0.897. The van der Waals surface area contributed by atoms with E-state index in [9.17, 15) is 0 Å². The van der Waals surface area contributed by atoms with Crippen LogP contribution in [0.25, 0.3) is 0 Å². The normalized spacial score (nSPS) is 22.6. The lowest BCUT2D eigenvalue weighted by molar-refractivity contribution is 0.0417. The molecule has 0 aliphatic carbocycles. The molecule has 96 valence electrons. The highest BCUT2D eigenvalue weighted by atomic mass is 32.1. The standard InChI is InChI=1S/C13H22N2OS/c1-9(12-5-4-6-16-8-12)14-7-13-10(2)15-17-11(13)3/h9,12,14H,4-8H2,1-3H3/t9-,12+/m1/s1. The zero-order valence-corrected chi connectivity index (χ0v) is 11.8. The third kappa shape index (κ3) is 3.27. The highest BCUT2D eigenvalue weighted by Gasteiger charge is 2.20. The molecule has 0 radical (unpaired) electrons. The van der Waals surface area contributed by atoms with E-state index in [2.05, 4.69) is 30.5 Å². The van der Waals surface area contributed by atoms with Gasteiger partial charge in [-0.25, -0.2) is 0 Å². The van der Waals surface area contributed by atoms with Gasteiger partial charge in [0.05, 0.1) is 12.3 Å². The van der Waals surface area contributed by atoms with E-state index in [4.69, 9.17) is 4.74 Å². The van der Waals surface area contributed by atoms with Crippen LogP contribution in [-0.4, -0.2) is 23.6 Å². The number of hydrogen-bond donors (Lipinski definition) is 1. The topological polar surface area (TPSA) is 34.2 Å². The summed E-state index contributed by atoms with van der Waals surface area (Å²) in [5.74, 6) is 0.663. The Kier molecular flexibility index (Phi) is 4.54. The van der Waals surface area contributed by atoms with Gasteiger partial charge >= 0.3 is 0 Å². The molecule has 2 atom stereocenters. The summed E-state index contributed by atoms with van der Waals surface area (Å²) in [4.78, 5) is 1.34. The van der Waals surface area contributed by atoms with Gasteiger partial charge in [-0.3, -0.25) is 0 Å². The van der Waals surface area contributed by atoms with Crippen LogP contribution < -0.4 is 5.32 Å². The molecule has 0 bridgehead atoms. The SMILES string of the molecule is Cc1nsc(C)c1CN[C@H](C)[C@H]1CCCOC1. The van der Waals surface area contributed by atoms with Crippen molar-refractivity contribution in [3.05, 3.63) is 16.1 Å².